The summed E-state index contributed by atoms with van der Waals surface area (Å²) in [6.07, 6.45) is 5.47. The van der Waals surface area contributed by atoms with Crippen molar-refractivity contribution in [3.8, 4) is 0 Å². The summed E-state index contributed by atoms with van der Waals surface area (Å²) < 4.78 is 0. The van der Waals surface area contributed by atoms with Gasteiger partial charge in [0.2, 0.25) is 5.91 Å². The molecule has 0 bridgehead atoms. The highest BCUT2D eigenvalue weighted by atomic mass is 16.2. The number of likely N-dealkylation sites (N-methyl/N-ethyl adjacent to an activating group) is 1. The van der Waals surface area contributed by atoms with Crippen LogP contribution in [-0.4, -0.2) is 36.5 Å². The summed E-state index contributed by atoms with van der Waals surface area (Å²) in [4.78, 5) is 13.8. The van der Waals surface area contributed by atoms with Crippen molar-refractivity contribution >= 4 is 5.91 Å². The Kier molecular flexibility index (Phi) is 3.85. The van der Waals surface area contributed by atoms with Crippen LogP contribution in [-0.2, 0) is 4.79 Å². The van der Waals surface area contributed by atoms with E-state index in [1.807, 2.05) is 18.7 Å². The van der Waals surface area contributed by atoms with Gasteiger partial charge in [0.25, 0.3) is 0 Å². The van der Waals surface area contributed by atoms with Gasteiger partial charge in [0.1, 0.15) is 0 Å². The van der Waals surface area contributed by atoms with Crippen LogP contribution in [0.5, 0.6) is 0 Å². The van der Waals surface area contributed by atoms with E-state index < -0.39 is 0 Å². The second kappa shape index (κ2) is 5.17. The third-order valence-electron chi connectivity index (χ3n) is 3.86. The van der Waals surface area contributed by atoms with Crippen LogP contribution in [0.3, 0.4) is 0 Å². The van der Waals surface area contributed by atoms with Gasteiger partial charge in [-0.2, -0.15) is 0 Å². The van der Waals surface area contributed by atoms with Crippen LogP contribution >= 0.6 is 0 Å². The average molecular weight is 224 g/mol. The molecule has 0 saturated heterocycles. The van der Waals surface area contributed by atoms with Crippen molar-refractivity contribution in [3.63, 3.8) is 0 Å². The van der Waals surface area contributed by atoms with Gasteiger partial charge in [0, 0.05) is 19.1 Å². The predicted molar refractivity (Wildman–Crippen MR) is 65.2 cm³/mol. The van der Waals surface area contributed by atoms with Gasteiger partial charge in [-0.05, 0) is 51.4 Å². The monoisotopic (exact) mass is 224 g/mol. The number of nitrogens with zero attached hydrogens (tertiary/aromatic N) is 1. The molecular weight excluding hydrogens is 200 g/mol. The normalized spacial score (nSPS) is 20.2. The summed E-state index contributed by atoms with van der Waals surface area (Å²) in [5, 5.41) is 3.50. The van der Waals surface area contributed by atoms with Crippen LogP contribution in [0.4, 0.5) is 0 Å². The molecule has 3 nitrogen and oxygen atoms in total. The first-order valence-electron chi connectivity index (χ1n) is 6.77. The molecule has 0 aromatic heterocycles. The Labute approximate surface area is 98.6 Å². The molecule has 0 heterocycles. The zero-order valence-electron chi connectivity index (χ0n) is 10.5. The lowest BCUT2D eigenvalue weighted by atomic mass is 10.1. The Morgan fingerprint density at radius 1 is 1.19 bits per heavy atom. The van der Waals surface area contributed by atoms with Crippen LogP contribution in [0.1, 0.15) is 39.5 Å². The second-order valence-corrected chi connectivity index (χ2v) is 5.15. The van der Waals surface area contributed by atoms with E-state index in [4.69, 9.17) is 0 Å². The van der Waals surface area contributed by atoms with Crippen LogP contribution in [0.15, 0.2) is 0 Å². The van der Waals surface area contributed by atoms with E-state index in [9.17, 15) is 4.79 Å². The van der Waals surface area contributed by atoms with E-state index in [1.165, 1.54) is 25.7 Å². The summed E-state index contributed by atoms with van der Waals surface area (Å²) in [5.41, 5.74) is 0. The molecule has 0 aromatic carbocycles. The molecule has 2 saturated carbocycles. The van der Waals surface area contributed by atoms with Gasteiger partial charge in [-0.15, -0.1) is 0 Å². The fourth-order valence-corrected chi connectivity index (χ4v) is 2.52. The molecule has 0 aromatic rings. The highest BCUT2D eigenvalue weighted by molar-refractivity contribution is 5.78. The lowest BCUT2D eigenvalue weighted by molar-refractivity contribution is -0.130. The van der Waals surface area contributed by atoms with Gasteiger partial charge < -0.3 is 10.2 Å². The maximum absolute atomic E-state index is 11.9. The van der Waals surface area contributed by atoms with Crippen molar-refractivity contribution in [2.75, 3.05) is 19.6 Å². The number of carbonyl (C=O) groups is 1. The molecule has 3 heteroatoms. The highest BCUT2D eigenvalue weighted by Gasteiger charge is 2.41. The summed E-state index contributed by atoms with van der Waals surface area (Å²) in [6.45, 7) is 6.28. The lowest BCUT2D eigenvalue weighted by Crippen LogP contribution is -2.43. The minimum atomic E-state index is 0.260. The zero-order chi connectivity index (χ0) is 11.5. The molecule has 92 valence electrons. The van der Waals surface area contributed by atoms with Gasteiger partial charge in [-0.1, -0.05) is 0 Å². The molecule has 0 unspecified atom stereocenters. The van der Waals surface area contributed by atoms with Gasteiger partial charge in [0.15, 0.2) is 0 Å². The average Bonchev–Trinajstić information content (AvgIpc) is 3.14. The molecule has 16 heavy (non-hydrogen) atoms. The SMILES string of the molecule is CCN(CC)C(=O)CNC(C1CC1)C1CC1. The van der Waals surface area contributed by atoms with E-state index in [0.717, 1.165) is 24.9 Å². The van der Waals surface area contributed by atoms with Gasteiger partial charge in [-0.25, -0.2) is 0 Å². The van der Waals surface area contributed by atoms with E-state index in [-0.39, 0.29) is 5.91 Å². The van der Waals surface area contributed by atoms with E-state index in [0.29, 0.717) is 12.6 Å². The predicted octanol–water partition coefficient (Wildman–Crippen LogP) is 1.63. The fourth-order valence-electron chi connectivity index (χ4n) is 2.52. The standard InChI is InChI=1S/C13H24N2O/c1-3-15(4-2)12(16)9-14-13(10-5-6-10)11-7-8-11/h10-11,13-14H,3-9H2,1-2H3. The first-order chi connectivity index (χ1) is 7.76. The van der Waals surface area contributed by atoms with Crippen LogP contribution in [0.2, 0.25) is 0 Å². The highest BCUT2D eigenvalue weighted by Crippen LogP contribution is 2.44. The van der Waals surface area contributed by atoms with Gasteiger partial charge in [-0.3, -0.25) is 4.79 Å². The Morgan fingerprint density at radius 2 is 1.69 bits per heavy atom. The van der Waals surface area contributed by atoms with Crippen molar-refractivity contribution < 1.29 is 4.79 Å². The van der Waals surface area contributed by atoms with Crippen molar-refractivity contribution in [3.05, 3.63) is 0 Å². The molecule has 0 atom stereocenters. The minimum absolute atomic E-state index is 0.260. The molecular formula is C13H24N2O. The summed E-state index contributed by atoms with van der Waals surface area (Å²) >= 11 is 0. The summed E-state index contributed by atoms with van der Waals surface area (Å²) in [7, 11) is 0. The van der Waals surface area contributed by atoms with Gasteiger partial charge >= 0.3 is 0 Å². The number of carbonyl (C=O) groups excluding carboxylic acids is 1. The maximum Gasteiger partial charge on any atom is 0.236 e. The molecule has 2 aliphatic rings. The molecule has 0 aliphatic heterocycles. The molecule has 2 rings (SSSR count). The number of hydrogen-bond donors (Lipinski definition) is 1. The Morgan fingerprint density at radius 3 is 2.06 bits per heavy atom. The molecule has 1 N–H and O–H groups in total. The van der Waals surface area contributed by atoms with E-state index >= 15 is 0 Å². The Hall–Kier alpha value is -0.570. The molecule has 2 fully saturated rings. The first-order valence-corrected chi connectivity index (χ1v) is 6.77. The van der Waals surface area contributed by atoms with Crippen LogP contribution < -0.4 is 5.32 Å². The lowest BCUT2D eigenvalue weighted by Gasteiger charge is -2.22. The number of rotatable bonds is 7. The van der Waals surface area contributed by atoms with Gasteiger partial charge in [0.05, 0.1) is 6.54 Å². The fraction of sp³-hybridized carbons (Fsp3) is 0.923. The third kappa shape index (κ3) is 2.97. The third-order valence-corrected chi connectivity index (χ3v) is 3.86. The molecule has 1 amide bonds. The first kappa shape index (κ1) is 11.9. The van der Waals surface area contributed by atoms with Crippen LogP contribution in [0, 0.1) is 11.8 Å². The van der Waals surface area contributed by atoms with E-state index in [1.54, 1.807) is 0 Å². The van der Waals surface area contributed by atoms with Crippen molar-refractivity contribution in [2.24, 2.45) is 11.8 Å². The maximum atomic E-state index is 11.9. The molecule has 2 aliphatic carbocycles. The minimum Gasteiger partial charge on any atom is -0.342 e. The second-order valence-electron chi connectivity index (χ2n) is 5.15. The number of nitrogens with one attached hydrogen (secondary N) is 1. The topological polar surface area (TPSA) is 32.3 Å². The Balaban J connectivity index is 1.74. The smallest absolute Gasteiger partial charge is 0.236 e. The number of hydrogen-bond acceptors (Lipinski definition) is 2. The van der Waals surface area contributed by atoms with Crippen molar-refractivity contribution in [1.29, 1.82) is 0 Å². The molecule has 0 radical (unpaired) electrons. The van der Waals surface area contributed by atoms with Crippen LogP contribution in [0.25, 0.3) is 0 Å². The van der Waals surface area contributed by atoms with E-state index in [2.05, 4.69) is 5.32 Å². The number of amides is 1. The quantitative estimate of drug-likeness (QED) is 0.713. The zero-order valence-corrected chi connectivity index (χ0v) is 10.5. The largest absolute Gasteiger partial charge is 0.342 e. The Bertz CT molecular complexity index is 230. The molecule has 0 spiro atoms. The van der Waals surface area contributed by atoms with Crippen molar-refractivity contribution in [2.45, 2.75) is 45.6 Å². The summed E-state index contributed by atoms with van der Waals surface area (Å²) in [6, 6.07) is 0.638. The summed E-state index contributed by atoms with van der Waals surface area (Å²) in [5.74, 6) is 2.00. The van der Waals surface area contributed by atoms with Crippen molar-refractivity contribution in [1.82, 2.24) is 10.2 Å².